The lowest BCUT2D eigenvalue weighted by atomic mass is 9.65. The average molecular weight is 275 g/mol. The summed E-state index contributed by atoms with van der Waals surface area (Å²) < 4.78 is 0. The van der Waals surface area contributed by atoms with E-state index in [-0.39, 0.29) is 16.9 Å². The van der Waals surface area contributed by atoms with Gasteiger partial charge in [0.2, 0.25) is 0 Å². The summed E-state index contributed by atoms with van der Waals surface area (Å²) in [5, 5.41) is 19.6. The maximum absolute atomic E-state index is 9.90. The number of nitrogens with zero attached hydrogens (tertiary/aromatic N) is 1. The van der Waals surface area contributed by atoms with E-state index in [2.05, 4.69) is 18.7 Å². The van der Waals surface area contributed by atoms with Gasteiger partial charge in [-0.15, -0.1) is 0 Å². The number of phenolic OH excluding ortho intramolecular Hbond substituents is 2. The van der Waals surface area contributed by atoms with Gasteiger partial charge in [0.15, 0.2) is 11.5 Å². The Morgan fingerprint density at radius 3 is 2.55 bits per heavy atom. The summed E-state index contributed by atoms with van der Waals surface area (Å²) in [6.07, 6.45) is 5.83. The number of fused-ring (bicyclic) bond motifs is 2. The van der Waals surface area contributed by atoms with Crippen molar-refractivity contribution in [3.8, 4) is 11.5 Å². The van der Waals surface area contributed by atoms with E-state index in [0.717, 1.165) is 13.0 Å². The first-order valence-corrected chi connectivity index (χ1v) is 7.81. The van der Waals surface area contributed by atoms with Gasteiger partial charge < -0.3 is 15.1 Å². The predicted molar refractivity (Wildman–Crippen MR) is 80.3 cm³/mol. The standard InChI is InChI=1S/C17H25NO2/c1-12(2)18-8-4-7-17(11-18)6-3-5-13-9-15(19)16(20)10-14(13)17/h9-10,12,19-20H,3-8,11H2,1-2H3. The van der Waals surface area contributed by atoms with Crippen molar-refractivity contribution in [2.45, 2.75) is 57.4 Å². The molecule has 1 aliphatic heterocycles. The molecular formula is C17H25NO2. The molecule has 2 aliphatic rings. The normalized spacial score (nSPS) is 26.9. The van der Waals surface area contributed by atoms with E-state index < -0.39 is 0 Å². The molecule has 1 aromatic carbocycles. The molecule has 3 rings (SSSR count). The second kappa shape index (κ2) is 4.96. The number of benzene rings is 1. The highest BCUT2D eigenvalue weighted by Gasteiger charge is 2.41. The molecule has 1 spiro atoms. The minimum atomic E-state index is 0.0253. The monoisotopic (exact) mass is 275 g/mol. The zero-order valence-corrected chi connectivity index (χ0v) is 12.5. The van der Waals surface area contributed by atoms with Crippen LogP contribution in [-0.2, 0) is 11.8 Å². The van der Waals surface area contributed by atoms with Crippen LogP contribution < -0.4 is 0 Å². The van der Waals surface area contributed by atoms with Gasteiger partial charge in [-0.3, -0.25) is 0 Å². The molecule has 1 aromatic rings. The first kappa shape index (κ1) is 13.7. The van der Waals surface area contributed by atoms with Crippen LogP contribution in [0.4, 0.5) is 0 Å². The van der Waals surface area contributed by atoms with Crippen LogP contribution >= 0.6 is 0 Å². The molecular weight excluding hydrogens is 250 g/mol. The highest BCUT2D eigenvalue weighted by atomic mass is 16.3. The summed E-state index contributed by atoms with van der Waals surface area (Å²) in [4.78, 5) is 2.56. The summed E-state index contributed by atoms with van der Waals surface area (Å²) in [5.41, 5.74) is 2.70. The van der Waals surface area contributed by atoms with Crippen molar-refractivity contribution in [1.82, 2.24) is 4.90 Å². The van der Waals surface area contributed by atoms with Crippen LogP contribution in [0.3, 0.4) is 0 Å². The largest absolute Gasteiger partial charge is 0.504 e. The van der Waals surface area contributed by atoms with Crippen LogP contribution in [0.25, 0.3) is 0 Å². The third-order valence-electron chi connectivity index (χ3n) is 5.21. The van der Waals surface area contributed by atoms with Crippen molar-refractivity contribution < 1.29 is 10.2 Å². The molecule has 1 atom stereocenters. The van der Waals surface area contributed by atoms with E-state index in [1.54, 1.807) is 6.07 Å². The summed E-state index contributed by atoms with van der Waals surface area (Å²) >= 11 is 0. The minimum Gasteiger partial charge on any atom is -0.504 e. The van der Waals surface area contributed by atoms with Gasteiger partial charge in [0.25, 0.3) is 0 Å². The number of aromatic hydroxyl groups is 2. The van der Waals surface area contributed by atoms with Gasteiger partial charge in [-0.1, -0.05) is 0 Å². The lowest BCUT2D eigenvalue weighted by Crippen LogP contribution is -2.50. The van der Waals surface area contributed by atoms with Gasteiger partial charge in [-0.25, -0.2) is 0 Å². The van der Waals surface area contributed by atoms with Crippen molar-refractivity contribution >= 4 is 0 Å². The minimum absolute atomic E-state index is 0.0253. The van der Waals surface area contributed by atoms with E-state index >= 15 is 0 Å². The van der Waals surface area contributed by atoms with Crippen molar-refractivity contribution in [1.29, 1.82) is 0 Å². The van der Waals surface area contributed by atoms with Crippen LogP contribution in [0.5, 0.6) is 11.5 Å². The molecule has 1 heterocycles. The zero-order valence-electron chi connectivity index (χ0n) is 12.5. The number of hydrogen-bond donors (Lipinski definition) is 2. The molecule has 0 amide bonds. The van der Waals surface area contributed by atoms with Gasteiger partial charge in [-0.2, -0.15) is 0 Å². The zero-order chi connectivity index (χ0) is 14.3. The Hall–Kier alpha value is -1.22. The number of piperidine rings is 1. The number of likely N-dealkylation sites (tertiary alicyclic amines) is 1. The van der Waals surface area contributed by atoms with E-state index in [1.807, 2.05) is 6.07 Å². The Kier molecular flexibility index (Phi) is 3.41. The fraction of sp³-hybridized carbons (Fsp3) is 0.647. The van der Waals surface area contributed by atoms with Gasteiger partial charge in [0, 0.05) is 18.0 Å². The molecule has 0 radical (unpaired) electrons. The molecule has 1 fully saturated rings. The van der Waals surface area contributed by atoms with Crippen molar-refractivity contribution in [2.75, 3.05) is 13.1 Å². The van der Waals surface area contributed by atoms with E-state index in [4.69, 9.17) is 0 Å². The van der Waals surface area contributed by atoms with Crippen molar-refractivity contribution in [3.05, 3.63) is 23.3 Å². The molecule has 1 aliphatic carbocycles. The number of aryl methyl sites for hydroxylation is 1. The first-order valence-electron chi connectivity index (χ1n) is 7.81. The highest BCUT2D eigenvalue weighted by Crippen LogP contribution is 2.46. The van der Waals surface area contributed by atoms with Crippen molar-refractivity contribution in [3.63, 3.8) is 0 Å². The quantitative estimate of drug-likeness (QED) is 0.774. The summed E-state index contributed by atoms with van der Waals surface area (Å²) in [5.74, 6) is 0.0593. The van der Waals surface area contributed by atoms with Crippen LogP contribution in [0.2, 0.25) is 0 Å². The maximum Gasteiger partial charge on any atom is 0.157 e. The molecule has 2 N–H and O–H groups in total. The van der Waals surface area contributed by atoms with Gasteiger partial charge in [0.1, 0.15) is 0 Å². The van der Waals surface area contributed by atoms with Crippen molar-refractivity contribution in [2.24, 2.45) is 0 Å². The smallest absolute Gasteiger partial charge is 0.157 e. The van der Waals surface area contributed by atoms with Gasteiger partial charge in [0.05, 0.1) is 0 Å². The maximum atomic E-state index is 9.90. The third-order valence-corrected chi connectivity index (χ3v) is 5.21. The fourth-order valence-electron chi connectivity index (χ4n) is 4.10. The molecule has 0 bridgehead atoms. The molecule has 1 saturated heterocycles. The Morgan fingerprint density at radius 1 is 1.10 bits per heavy atom. The molecule has 1 unspecified atom stereocenters. The molecule has 20 heavy (non-hydrogen) atoms. The van der Waals surface area contributed by atoms with Gasteiger partial charge in [-0.05, 0) is 75.8 Å². The fourth-order valence-corrected chi connectivity index (χ4v) is 4.10. The lowest BCUT2D eigenvalue weighted by molar-refractivity contribution is 0.104. The van der Waals surface area contributed by atoms with Crippen LogP contribution in [0, 0.1) is 0 Å². The van der Waals surface area contributed by atoms with Crippen LogP contribution in [0.1, 0.15) is 50.7 Å². The second-order valence-electron chi connectivity index (χ2n) is 6.80. The Labute approximate surface area is 121 Å². The number of hydrogen-bond acceptors (Lipinski definition) is 3. The molecule has 0 saturated carbocycles. The predicted octanol–water partition coefficient (Wildman–Crippen LogP) is 3.18. The lowest BCUT2D eigenvalue weighted by Gasteiger charge is -2.47. The number of phenols is 2. The first-order chi connectivity index (χ1) is 9.52. The van der Waals surface area contributed by atoms with Gasteiger partial charge >= 0.3 is 0 Å². The van der Waals surface area contributed by atoms with E-state index in [1.165, 1.54) is 43.4 Å². The summed E-state index contributed by atoms with van der Waals surface area (Å²) in [6, 6.07) is 4.18. The Balaban J connectivity index is 2.02. The topological polar surface area (TPSA) is 43.7 Å². The molecule has 3 heteroatoms. The summed E-state index contributed by atoms with van der Waals surface area (Å²) in [6.45, 7) is 6.79. The van der Waals surface area contributed by atoms with Crippen LogP contribution in [-0.4, -0.2) is 34.2 Å². The molecule has 3 nitrogen and oxygen atoms in total. The van der Waals surface area contributed by atoms with Crippen LogP contribution in [0.15, 0.2) is 12.1 Å². The summed E-state index contributed by atoms with van der Waals surface area (Å²) in [7, 11) is 0. The number of rotatable bonds is 1. The third kappa shape index (κ3) is 2.18. The molecule has 110 valence electrons. The average Bonchev–Trinajstić information content (AvgIpc) is 2.42. The Morgan fingerprint density at radius 2 is 1.80 bits per heavy atom. The SMILES string of the molecule is CC(C)N1CCCC2(CCCc3cc(O)c(O)cc32)C1. The molecule has 0 aromatic heterocycles. The van der Waals surface area contributed by atoms with E-state index in [9.17, 15) is 10.2 Å². The Bertz CT molecular complexity index is 512. The highest BCUT2D eigenvalue weighted by molar-refractivity contribution is 5.50. The van der Waals surface area contributed by atoms with E-state index in [0.29, 0.717) is 6.04 Å². The second-order valence-corrected chi connectivity index (χ2v) is 6.80.